The minimum Gasteiger partial charge on any atom is -0.355 e. The summed E-state index contributed by atoms with van der Waals surface area (Å²) in [5, 5.41) is 2.63. The molecular formula is C17H16N2O. The fourth-order valence-corrected chi connectivity index (χ4v) is 2.56. The third-order valence-corrected chi connectivity index (χ3v) is 3.62. The van der Waals surface area contributed by atoms with Crippen molar-refractivity contribution in [3.63, 3.8) is 0 Å². The van der Waals surface area contributed by atoms with Crippen LogP contribution >= 0.6 is 0 Å². The molecular weight excluding hydrogens is 248 g/mol. The van der Waals surface area contributed by atoms with Crippen LogP contribution in [-0.2, 0) is 6.42 Å². The zero-order chi connectivity index (χ0) is 13.9. The highest BCUT2D eigenvalue weighted by Gasteiger charge is 2.12. The lowest BCUT2D eigenvalue weighted by Crippen LogP contribution is -2.17. The lowest BCUT2D eigenvalue weighted by molar-refractivity contribution is 0.0963. The van der Waals surface area contributed by atoms with Crippen molar-refractivity contribution in [1.29, 1.82) is 0 Å². The van der Waals surface area contributed by atoms with Crippen LogP contribution in [0.1, 0.15) is 21.5 Å². The smallest absolute Gasteiger partial charge is 0.251 e. The van der Waals surface area contributed by atoms with E-state index >= 15 is 0 Å². The normalized spacial score (nSPS) is 12.8. The van der Waals surface area contributed by atoms with Crippen molar-refractivity contribution in [2.75, 3.05) is 13.6 Å². The van der Waals surface area contributed by atoms with Gasteiger partial charge in [-0.15, -0.1) is 0 Å². The number of nitrogens with one attached hydrogen (secondary N) is 1. The third kappa shape index (κ3) is 2.23. The van der Waals surface area contributed by atoms with Crippen molar-refractivity contribution in [2.45, 2.75) is 6.42 Å². The summed E-state index contributed by atoms with van der Waals surface area (Å²) in [6.07, 6.45) is 2.92. The summed E-state index contributed by atoms with van der Waals surface area (Å²) < 4.78 is 0. The standard InChI is InChI=1S/C17H16N2O/c1-18-17(20)13-7-5-12(6-8-13)15-4-2-3-14-11-19-10-9-16(14)15/h2-8,11H,9-10H2,1H3,(H,18,20). The molecule has 0 bridgehead atoms. The molecule has 100 valence electrons. The lowest BCUT2D eigenvalue weighted by Gasteiger charge is -2.15. The van der Waals surface area contributed by atoms with E-state index in [1.807, 2.05) is 30.5 Å². The van der Waals surface area contributed by atoms with Crippen LogP contribution in [0.3, 0.4) is 0 Å². The van der Waals surface area contributed by atoms with Crippen LogP contribution in [0.25, 0.3) is 11.1 Å². The van der Waals surface area contributed by atoms with Crippen molar-refractivity contribution in [3.8, 4) is 11.1 Å². The number of hydrogen-bond donors (Lipinski definition) is 1. The maximum absolute atomic E-state index is 11.6. The Hall–Kier alpha value is -2.42. The molecule has 0 atom stereocenters. The Bertz CT molecular complexity index is 672. The van der Waals surface area contributed by atoms with E-state index in [1.54, 1.807) is 7.05 Å². The highest BCUT2D eigenvalue weighted by atomic mass is 16.1. The summed E-state index contributed by atoms with van der Waals surface area (Å²) in [7, 11) is 1.64. The van der Waals surface area contributed by atoms with Crippen LogP contribution < -0.4 is 5.32 Å². The number of amides is 1. The molecule has 0 aromatic heterocycles. The summed E-state index contributed by atoms with van der Waals surface area (Å²) in [4.78, 5) is 15.9. The maximum atomic E-state index is 11.6. The van der Waals surface area contributed by atoms with Crippen LogP contribution in [0.15, 0.2) is 47.5 Å². The molecule has 3 rings (SSSR count). The average molecular weight is 264 g/mol. The summed E-state index contributed by atoms with van der Waals surface area (Å²) in [5.41, 5.74) is 5.60. The molecule has 1 amide bonds. The number of benzene rings is 2. The Kier molecular flexibility index (Phi) is 3.33. The second-order valence-electron chi connectivity index (χ2n) is 4.82. The molecule has 20 heavy (non-hydrogen) atoms. The number of aliphatic imine (C=N–C) groups is 1. The largest absolute Gasteiger partial charge is 0.355 e. The van der Waals surface area contributed by atoms with Crippen molar-refractivity contribution in [2.24, 2.45) is 4.99 Å². The first-order valence-corrected chi connectivity index (χ1v) is 6.74. The molecule has 2 aromatic rings. The van der Waals surface area contributed by atoms with Crippen LogP contribution in [-0.4, -0.2) is 25.7 Å². The molecule has 3 nitrogen and oxygen atoms in total. The van der Waals surface area contributed by atoms with E-state index in [1.165, 1.54) is 16.7 Å². The molecule has 2 aromatic carbocycles. The van der Waals surface area contributed by atoms with E-state index < -0.39 is 0 Å². The van der Waals surface area contributed by atoms with Gasteiger partial charge in [0.2, 0.25) is 0 Å². The van der Waals surface area contributed by atoms with E-state index in [0.29, 0.717) is 5.56 Å². The molecule has 0 radical (unpaired) electrons. The molecule has 1 aliphatic heterocycles. The van der Waals surface area contributed by atoms with Gasteiger partial charge in [0.1, 0.15) is 0 Å². The van der Waals surface area contributed by atoms with Gasteiger partial charge in [-0.2, -0.15) is 0 Å². The Morgan fingerprint density at radius 3 is 2.70 bits per heavy atom. The van der Waals surface area contributed by atoms with Gasteiger partial charge in [-0.05, 0) is 40.8 Å². The highest BCUT2D eigenvalue weighted by Crippen LogP contribution is 2.28. The SMILES string of the molecule is CNC(=O)c1ccc(-c2cccc3c2CCN=C3)cc1. The second-order valence-corrected chi connectivity index (χ2v) is 4.82. The molecule has 0 unspecified atom stereocenters. The Balaban J connectivity index is 2.02. The van der Waals surface area contributed by atoms with E-state index in [4.69, 9.17) is 0 Å². The van der Waals surface area contributed by atoms with E-state index in [0.717, 1.165) is 18.5 Å². The van der Waals surface area contributed by atoms with Crippen LogP contribution in [0.4, 0.5) is 0 Å². The van der Waals surface area contributed by atoms with Crippen LogP contribution in [0, 0.1) is 0 Å². The van der Waals surface area contributed by atoms with Crippen molar-refractivity contribution in [3.05, 3.63) is 59.2 Å². The first-order valence-electron chi connectivity index (χ1n) is 6.74. The Morgan fingerprint density at radius 1 is 1.15 bits per heavy atom. The van der Waals surface area contributed by atoms with E-state index in [-0.39, 0.29) is 5.91 Å². The molecule has 3 heteroatoms. The fourth-order valence-electron chi connectivity index (χ4n) is 2.56. The summed E-state index contributed by atoms with van der Waals surface area (Å²) >= 11 is 0. The quantitative estimate of drug-likeness (QED) is 0.890. The number of rotatable bonds is 2. The molecule has 0 saturated carbocycles. The topological polar surface area (TPSA) is 41.5 Å². The van der Waals surface area contributed by atoms with Crippen molar-refractivity contribution in [1.82, 2.24) is 5.32 Å². The minimum absolute atomic E-state index is 0.0567. The number of hydrogen-bond acceptors (Lipinski definition) is 2. The monoisotopic (exact) mass is 264 g/mol. The van der Waals surface area contributed by atoms with Gasteiger partial charge in [-0.25, -0.2) is 0 Å². The van der Waals surface area contributed by atoms with Gasteiger partial charge in [0, 0.05) is 25.4 Å². The van der Waals surface area contributed by atoms with Gasteiger partial charge in [0.25, 0.3) is 5.91 Å². The van der Waals surface area contributed by atoms with Gasteiger partial charge in [0.15, 0.2) is 0 Å². The second kappa shape index (κ2) is 5.29. The lowest BCUT2D eigenvalue weighted by atomic mass is 9.92. The van der Waals surface area contributed by atoms with Gasteiger partial charge in [0.05, 0.1) is 0 Å². The van der Waals surface area contributed by atoms with Crippen molar-refractivity contribution < 1.29 is 4.79 Å². The molecule has 1 heterocycles. The number of carbonyl (C=O) groups excluding carboxylic acids is 1. The van der Waals surface area contributed by atoms with Gasteiger partial charge in [-0.3, -0.25) is 9.79 Å². The number of carbonyl (C=O) groups is 1. The summed E-state index contributed by atoms with van der Waals surface area (Å²) in [6, 6.07) is 14.0. The predicted molar refractivity (Wildman–Crippen MR) is 81.4 cm³/mol. The van der Waals surface area contributed by atoms with E-state index in [9.17, 15) is 4.79 Å². The molecule has 0 fully saturated rings. The molecule has 1 aliphatic rings. The number of nitrogens with zero attached hydrogens (tertiary/aromatic N) is 1. The van der Waals surface area contributed by atoms with Crippen LogP contribution in [0.2, 0.25) is 0 Å². The first-order chi connectivity index (χ1) is 9.79. The first kappa shape index (κ1) is 12.6. The fraction of sp³-hybridized carbons (Fsp3) is 0.176. The Morgan fingerprint density at radius 2 is 1.95 bits per heavy atom. The molecule has 0 saturated heterocycles. The minimum atomic E-state index is -0.0567. The zero-order valence-electron chi connectivity index (χ0n) is 11.4. The average Bonchev–Trinajstić information content (AvgIpc) is 2.54. The summed E-state index contributed by atoms with van der Waals surface area (Å²) in [6.45, 7) is 0.848. The Labute approximate surface area is 118 Å². The predicted octanol–water partition coefficient (Wildman–Crippen LogP) is 2.69. The summed E-state index contributed by atoms with van der Waals surface area (Å²) in [5.74, 6) is -0.0567. The van der Waals surface area contributed by atoms with Gasteiger partial charge in [-0.1, -0.05) is 30.3 Å². The van der Waals surface area contributed by atoms with Gasteiger partial charge >= 0.3 is 0 Å². The van der Waals surface area contributed by atoms with Gasteiger partial charge < -0.3 is 5.32 Å². The van der Waals surface area contributed by atoms with Crippen LogP contribution in [0.5, 0.6) is 0 Å². The zero-order valence-corrected chi connectivity index (χ0v) is 11.4. The molecule has 0 spiro atoms. The third-order valence-electron chi connectivity index (χ3n) is 3.62. The molecule has 1 N–H and O–H groups in total. The number of fused-ring (bicyclic) bond motifs is 1. The molecule has 0 aliphatic carbocycles. The van der Waals surface area contributed by atoms with Crippen molar-refractivity contribution >= 4 is 12.1 Å². The highest BCUT2D eigenvalue weighted by molar-refractivity contribution is 5.94. The van der Waals surface area contributed by atoms with E-state index in [2.05, 4.69) is 28.5 Å². The maximum Gasteiger partial charge on any atom is 0.251 e.